The second kappa shape index (κ2) is 8.85. The van der Waals surface area contributed by atoms with Gasteiger partial charge >= 0.3 is 0 Å². The van der Waals surface area contributed by atoms with Crippen molar-refractivity contribution in [3.8, 4) is 5.75 Å². The maximum atomic E-state index is 10.9. The van der Waals surface area contributed by atoms with E-state index >= 15 is 0 Å². The molecule has 3 nitrogen and oxygen atoms in total. The first-order valence-corrected chi connectivity index (χ1v) is 11.1. The van der Waals surface area contributed by atoms with E-state index in [0.29, 0.717) is 5.75 Å². The molecule has 0 saturated carbocycles. The van der Waals surface area contributed by atoms with Gasteiger partial charge in [0.05, 0.1) is 0 Å². The van der Waals surface area contributed by atoms with Gasteiger partial charge in [0.2, 0.25) is 0 Å². The van der Waals surface area contributed by atoms with Gasteiger partial charge in [0.15, 0.2) is 0 Å². The first kappa shape index (κ1) is 23.4. The fourth-order valence-electron chi connectivity index (χ4n) is 3.60. The van der Waals surface area contributed by atoms with Crippen LogP contribution in [0, 0.1) is 0 Å². The lowest BCUT2D eigenvalue weighted by molar-refractivity contribution is 0.422. The van der Waals surface area contributed by atoms with Gasteiger partial charge in [0, 0.05) is 34.3 Å². The Kier molecular flexibility index (Phi) is 7.13. The van der Waals surface area contributed by atoms with Crippen molar-refractivity contribution in [2.24, 2.45) is 0 Å². The number of thioether (sulfide) groups is 1. The van der Waals surface area contributed by atoms with E-state index in [1.165, 1.54) is 15.8 Å². The summed E-state index contributed by atoms with van der Waals surface area (Å²) in [6.45, 7) is 14.0. The molecule has 0 saturated heterocycles. The number of hydrogen-bond donors (Lipinski definition) is 1. The van der Waals surface area contributed by atoms with E-state index in [9.17, 15) is 5.11 Å². The van der Waals surface area contributed by atoms with Crippen LogP contribution in [0.2, 0.25) is 0 Å². The largest absolute Gasteiger partial charge is 0.507 e. The van der Waals surface area contributed by atoms with E-state index in [0.717, 1.165) is 29.8 Å². The molecule has 0 amide bonds. The van der Waals surface area contributed by atoms with Crippen molar-refractivity contribution in [2.45, 2.75) is 70.2 Å². The number of nitrogens with zero attached hydrogens (tertiary/aromatic N) is 1. The van der Waals surface area contributed by atoms with Crippen LogP contribution in [0.1, 0.15) is 59.1 Å². The predicted octanol–water partition coefficient (Wildman–Crippen LogP) is 6.30. The van der Waals surface area contributed by atoms with E-state index in [1.807, 2.05) is 11.8 Å². The van der Waals surface area contributed by atoms with Gasteiger partial charge in [-0.1, -0.05) is 59.7 Å². The van der Waals surface area contributed by atoms with Crippen molar-refractivity contribution < 1.29 is 10.6 Å². The molecule has 3 N–H and O–H groups in total. The average molecular weight is 414 g/mol. The Morgan fingerprint density at radius 1 is 0.897 bits per heavy atom. The van der Waals surface area contributed by atoms with Gasteiger partial charge in [-0.3, -0.25) is 0 Å². The first-order valence-electron chi connectivity index (χ1n) is 10.1. The number of phenolic OH excluding ortho intramolecular Hbond substituents is 1. The number of fused-ring (bicyclic) bond motifs is 1. The summed E-state index contributed by atoms with van der Waals surface area (Å²) in [7, 11) is 0. The highest BCUT2D eigenvalue weighted by molar-refractivity contribution is 7.99. The van der Waals surface area contributed by atoms with Crippen molar-refractivity contribution >= 4 is 22.7 Å². The van der Waals surface area contributed by atoms with Gasteiger partial charge < -0.3 is 15.1 Å². The van der Waals surface area contributed by atoms with E-state index in [-0.39, 0.29) is 16.3 Å². The molecule has 0 fully saturated rings. The van der Waals surface area contributed by atoms with Crippen LogP contribution in [0.5, 0.6) is 5.75 Å². The van der Waals surface area contributed by atoms with Crippen molar-refractivity contribution in [3.05, 3.63) is 59.8 Å². The zero-order valence-corrected chi connectivity index (χ0v) is 19.4. The molecule has 0 aliphatic rings. The molecule has 0 spiro atoms. The third kappa shape index (κ3) is 5.37. The lowest BCUT2D eigenvalue weighted by Gasteiger charge is -2.28. The van der Waals surface area contributed by atoms with Crippen LogP contribution in [-0.4, -0.2) is 20.9 Å². The Hall–Kier alpha value is -1.91. The normalized spacial score (nSPS) is 12.2. The molecular formula is C25H35NO2S. The van der Waals surface area contributed by atoms with Gasteiger partial charge in [0.25, 0.3) is 0 Å². The molecule has 0 atom stereocenters. The number of aryl methyl sites for hydroxylation is 1. The van der Waals surface area contributed by atoms with Crippen molar-refractivity contribution in [2.75, 3.05) is 5.75 Å². The number of phenols is 1. The Morgan fingerprint density at radius 3 is 2.07 bits per heavy atom. The SMILES string of the molecule is CC(C)(C)c1cc(SCCCn2ccc3ccccc32)cc(C(C)(C)C)c1O.O. The Labute approximate surface area is 179 Å². The van der Waals surface area contributed by atoms with Crippen molar-refractivity contribution in [3.63, 3.8) is 0 Å². The molecule has 3 rings (SSSR count). The smallest absolute Gasteiger partial charge is 0.123 e. The quantitative estimate of drug-likeness (QED) is 0.394. The van der Waals surface area contributed by atoms with Crippen LogP contribution in [-0.2, 0) is 17.4 Å². The Balaban J connectivity index is 0.00000300. The van der Waals surface area contributed by atoms with E-state index < -0.39 is 0 Å². The lowest BCUT2D eigenvalue weighted by Crippen LogP contribution is -2.17. The molecule has 3 aromatic rings. The van der Waals surface area contributed by atoms with Crippen LogP contribution >= 0.6 is 11.8 Å². The number of aromatic nitrogens is 1. The summed E-state index contributed by atoms with van der Waals surface area (Å²) in [6, 6.07) is 15.1. The van der Waals surface area contributed by atoms with Gasteiger partial charge in [-0.15, -0.1) is 11.8 Å². The number of aromatic hydroxyl groups is 1. The van der Waals surface area contributed by atoms with Crippen LogP contribution < -0.4 is 0 Å². The fraction of sp³-hybridized carbons (Fsp3) is 0.440. The minimum atomic E-state index is -0.0787. The van der Waals surface area contributed by atoms with Crippen LogP contribution in [0.3, 0.4) is 0 Å². The molecule has 1 aromatic heterocycles. The van der Waals surface area contributed by atoms with Gasteiger partial charge in [-0.2, -0.15) is 0 Å². The number of benzene rings is 2. The van der Waals surface area contributed by atoms with Crippen molar-refractivity contribution in [1.82, 2.24) is 4.57 Å². The highest BCUT2D eigenvalue weighted by Crippen LogP contribution is 2.41. The number of rotatable bonds is 5. The summed E-state index contributed by atoms with van der Waals surface area (Å²) in [5.74, 6) is 1.52. The van der Waals surface area contributed by atoms with Gasteiger partial charge in [0.1, 0.15) is 5.75 Å². The zero-order valence-electron chi connectivity index (χ0n) is 18.5. The van der Waals surface area contributed by atoms with E-state index in [4.69, 9.17) is 0 Å². The molecule has 158 valence electrons. The second-order valence-electron chi connectivity index (χ2n) is 9.64. The molecule has 1 heterocycles. The molecule has 4 heteroatoms. The molecule has 0 radical (unpaired) electrons. The number of para-hydroxylation sites is 1. The summed E-state index contributed by atoms with van der Waals surface area (Å²) in [4.78, 5) is 1.25. The fourth-order valence-corrected chi connectivity index (χ4v) is 4.51. The van der Waals surface area contributed by atoms with Gasteiger partial charge in [-0.25, -0.2) is 0 Å². The molecule has 2 aromatic carbocycles. The molecule has 0 aliphatic heterocycles. The van der Waals surface area contributed by atoms with Crippen LogP contribution in [0.25, 0.3) is 10.9 Å². The summed E-state index contributed by atoms with van der Waals surface area (Å²) in [5.41, 5.74) is 3.23. The minimum Gasteiger partial charge on any atom is -0.507 e. The molecular weight excluding hydrogens is 378 g/mol. The Morgan fingerprint density at radius 2 is 1.48 bits per heavy atom. The topological polar surface area (TPSA) is 56.7 Å². The maximum absolute atomic E-state index is 10.9. The Bertz CT molecular complexity index is 926. The molecule has 0 bridgehead atoms. The minimum absolute atomic E-state index is 0. The summed E-state index contributed by atoms with van der Waals surface area (Å²) < 4.78 is 2.34. The summed E-state index contributed by atoms with van der Waals surface area (Å²) in [5, 5.41) is 12.2. The molecule has 0 aliphatic carbocycles. The standard InChI is InChI=1S/C25H33NOS.H2O/c1-24(2,3)20-16-19(17-21(23(20)27)25(4,5)6)28-15-9-13-26-14-12-18-10-7-8-11-22(18)26;/h7-8,10-12,14,16-17,27H,9,13,15H2,1-6H3;1H2. The van der Waals surface area contributed by atoms with Crippen LogP contribution in [0.4, 0.5) is 0 Å². The lowest BCUT2D eigenvalue weighted by atomic mass is 9.79. The molecule has 0 unspecified atom stereocenters. The summed E-state index contributed by atoms with van der Waals surface area (Å²) in [6.07, 6.45) is 3.30. The zero-order chi connectivity index (χ0) is 20.5. The third-order valence-electron chi connectivity index (χ3n) is 5.19. The highest BCUT2D eigenvalue weighted by atomic mass is 32.2. The predicted molar refractivity (Wildman–Crippen MR) is 126 cm³/mol. The van der Waals surface area contributed by atoms with E-state index in [1.54, 1.807) is 0 Å². The first-order chi connectivity index (χ1) is 13.1. The van der Waals surface area contributed by atoms with E-state index in [2.05, 4.69) is 94.8 Å². The monoisotopic (exact) mass is 413 g/mol. The second-order valence-corrected chi connectivity index (χ2v) is 10.8. The van der Waals surface area contributed by atoms with Crippen molar-refractivity contribution in [1.29, 1.82) is 0 Å². The highest BCUT2D eigenvalue weighted by Gasteiger charge is 2.26. The third-order valence-corrected chi connectivity index (χ3v) is 6.25. The average Bonchev–Trinajstić information content (AvgIpc) is 3.01. The van der Waals surface area contributed by atoms with Gasteiger partial charge in [-0.05, 0) is 52.7 Å². The summed E-state index contributed by atoms with van der Waals surface area (Å²) >= 11 is 1.89. The maximum Gasteiger partial charge on any atom is 0.123 e. The molecule has 29 heavy (non-hydrogen) atoms. The van der Waals surface area contributed by atoms with Crippen LogP contribution in [0.15, 0.2) is 53.6 Å². The number of hydrogen-bond acceptors (Lipinski definition) is 2.